The molecule has 3 aromatic heterocycles. The van der Waals surface area contributed by atoms with Crippen LogP contribution in [-0.2, 0) is 32.0 Å². The van der Waals surface area contributed by atoms with Crippen LogP contribution < -0.4 is 5.32 Å². The largest absolute Gasteiger partial charge is 0.479 e. The topological polar surface area (TPSA) is 202 Å². The highest BCUT2D eigenvalue weighted by Gasteiger charge is 2.49. The molecule has 1 aromatic carbocycles. The summed E-state index contributed by atoms with van der Waals surface area (Å²) in [5, 5.41) is 43.4. The number of carbonyl (C=O) groups is 2. The van der Waals surface area contributed by atoms with E-state index in [4.69, 9.17) is 27.5 Å². The fraction of sp³-hybridized carbons (Fsp3) is 0.286. The quantitative estimate of drug-likeness (QED) is 0.0737. The number of hydrogen-bond donors (Lipinski definition) is 5. The van der Waals surface area contributed by atoms with Crippen LogP contribution in [0.25, 0.3) is 11.2 Å². The van der Waals surface area contributed by atoms with Gasteiger partial charge in [-0.05, 0) is 34.9 Å². The maximum absolute atomic E-state index is 12.2. The Bertz CT molecular complexity index is 1580. The van der Waals surface area contributed by atoms with Gasteiger partial charge in [-0.3, -0.25) is 9.55 Å². The molecule has 15 heteroatoms. The van der Waals surface area contributed by atoms with Crippen LogP contribution in [0.3, 0.4) is 0 Å². The zero-order valence-electron chi connectivity index (χ0n) is 22.4. The molecule has 0 bridgehead atoms. The molecule has 0 saturated carbocycles. The number of halogens is 1. The van der Waals surface area contributed by atoms with Gasteiger partial charge in [0.2, 0.25) is 5.28 Å². The molecule has 0 fully saturated rings. The third-order valence-corrected chi connectivity index (χ3v) is 6.53. The molecule has 0 unspecified atom stereocenters. The Kier molecular flexibility index (Phi) is 10.2. The summed E-state index contributed by atoms with van der Waals surface area (Å²) in [5.41, 5.74) is -1.03. The number of hydrogen-bond acceptors (Lipinski definition) is 11. The number of pyridine rings is 1. The molecule has 3 heterocycles. The molecule has 0 aliphatic heterocycles. The van der Waals surface area contributed by atoms with Crippen molar-refractivity contribution in [2.45, 2.75) is 37.0 Å². The molecule has 0 aliphatic carbocycles. The number of imidazole rings is 1. The van der Waals surface area contributed by atoms with Crippen LogP contribution in [0.5, 0.6) is 0 Å². The molecule has 0 amide bonds. The zero-order chi connectivity index (χ0) is 31.0. The fourth-order valence-corrected chi connectivity index (χ4v) is 4.29. The van der Waals surface area contributed by atoms with E-state index >= 15 is 0 Å². The molecular formula is C28H27ClN6O8. The van der Waals surface area contributed by atoms with Gasteiger partial charge in [-0.25, -0.2) is 14.6 Å². The van der Waals surface area contributed by atoms with Gasteiger partial charge in [0.25, 0.3) is 5.60 Å². The minimum Gasteiger partial charge on any atom is -0.479 e. The van der Waals surface area contributed by atoms with Gasteiger partial charge in [-0.1, -0.05) is 36.3 Å². The lowest BCUT2D eigenvalue weighted by Gasteiger charge is -2.30. The van der Waals surface area contributed by atoms with Crippen molar-refractivity contribution in [2.24, 2.45) is 0 Å². The number of nitrogens with one attached hydrogen (secondary N) is 1. The number of carboxylic acid groups (broad SMARTS) is 2. The van der Waals surface area contributed by atoms with E-state index in [9.17, 15) is 30.0 Å². The highest BCUT2D eigenvalue weighted by atomic mass is 35.5. The number of carboxylic acids is 2. The van der Waals surface area contributed by atoms with E-state index in [1.54, 1.807) is 54.9 Å². The van der Waals surface area contributed by atoms with Gasteiger partial charge in [-0.2, -0.15) is 9.97 Å². The first-order valence-corrected chi connectivity index (χ1v) is 13.1. The minimum absolute atomic E-state index is 0.114. The van der Waals surface area contributed by atoms with E-state index in [-0.39, 0.29) is 22.3 Å². The number of aliphatic hydroxyl groups is 2. The van der Waals surface area contributed by atoms with Crippen molar-refractivity contribution in [3.8, 4) is 12.3 Å². The second-order valence-corrected chi connectivity index (χ2v) is 9.57. The number of anilines is 1. The Morgan fingerprint density at radius 3 is 2.42 bits per heavy atom. The first-order chi connectivity index (χ1) is 20.7. The summed E-state index contributed by atoms with van der Waals surface area (Å²) in [5.74, 6) is -1.09. The van der Waals surface area contributed by atoms with E-state index < -0.39 is 55.6 Å². The third-order valence-electron chi connectivity index (χ3n) is 6.36. The van der Waals surface area contributed by atoms with Crippen molar-refractivity contribution < 1.29 is 39.5 Å². The van der Waals surface area contributed by atoms with Gasteiger partial charge >= 0.3 is 11.9 Å². The van der Waals surface area contributed by atoms with E-state index in [0.717, 1.165) is 5.56 Å². The number of aliphatic hydroxyl groups excluding tert-OH is 2. The molecule has 0 saturated heterocycles. The average molecular weight is 611 g/mol. The lowest BCUT2D eigenvalue weighted by Crippen LogP contribution is -2.52. The minimum atomic E-state index is -2.70. The lowest BCUT2D eigenvalue weighted by molar-refractivity contribution is -0.195. The van der Waals surface area contributed by atoms with Gasteiger partial charge in [0.1, 0.15) is 6.10 Å². The van der Waals surface area contributed by atoms with Gasteiger partial charge in [0, 0.05) is 25.4 Å². The summed E-state index contributed by atoms with van der Waals surface area (Å²) < 4.78 is 12.6. The second kappa shape index (κ2) is 14.0. The van der Waals surface area contributed by atoms with E-state index in [1.165, 1.54) is 10.9 Å². The molecule has 3 atom stereocenters. The smallest absolute Gasteiger partial charge is 0.348 e. The second-order valence-electron chi connectivity index (χ2n) is 9.23. The molecule has 224 valence electrons. The normalized spacial score (nSPS) is 13.6. The molecule has 5 N–H and O–H groups in total. The van der Waals surface area contributed by atoms with Crippen molar-refractivity contribution in [1.29, 1.82) is 0 Å². The van der Waals surface area contributed by atoms with Gasteiger partial charge in [0.15, 0.2) is 29.3 Å². The number of aromatic nitrogens is 5. The summed E-state index contributed by atoms with van der Waals surface area (Å²) in [6, 6.07) is 11.7. The monoisotopic (exact) mass is 610 g/mol. The number of terminal acetylenes is 1. The molecule has 0 aliphatic rings. The first-order valence-electron chi connectivity index (χ1n) is 12.8. The van der Waals surface area contributed by atoms with E-state index in [0.29, 0.717) is 12.1 Å². The molecule has 4 aromatic rings. The molecule has 0 spiro atoms. The number of rotatable bonds is 15. The lowest BCUT2D eigenvalue weighted by atomic mass is 9.94. The zero-order valence-corrected chi connectivity index (χ0v) is 23.2. The number of nitrogens with zero attached hydrogens (tertiary/aromatic N) is 5. The maximum Gasteiger partial charge on any atom is 0.348 e. The number of ether oxygens (including phenoxy) is 2. The number of benzene rings is 1. The Balaban J connectivity index is 1.59. The summed E-state index contributed by atoms with van der Waals surface area (Å²) in [4.78, 5) is 41.0. The molecule has 14 nitrogen and oxygen atoms in total. The van der Waals surface area contributed by atoms with Gasteiger partial charge < -0.3 is 35.2 Å². The number of fused-ring (bicyclic) bond motifs is 1. The Hall–Kier alpha value is -4.65. The average Bonchev–Trinajstić information content (AvgIpc) is 3.43. The maximum atomic E-state index is 12.2. The van der Waals surface area contributed by atoms with Crippen LogP contribution in [0.4, 0.5) is 5.82 Å². The summed E-state index contributed by atoms with van der Waals surface area (Å²) >= 11 is 6.18. The highest BCUT2D eigenvalue weighted by molar-refractivity contribution is 6.28. The van der Waals surface area contributed by atoms with Crippen LogP contribution in [0, 0.1) is 12.3 Å². The van der Waals surface area contributed by atoms with Crippen LogP contribution in [0.15, 0.2) is 61.2 Å². The molecule has 4 rings (SSSR count). The van der Waals surface area contributed by atoms with Gasteiger partial charge in [-0.15, -0.1) is 6.42 Å². The van der Waals surface area contributed by atoms with Crippen molar-refractivity contribution in [1.82, 2.24) is 24.5 Å². The Morgan fingerprint density at radius 2 is 1.79 bits per heavy atom. The predicted molar refractivity (Wildman–Crippen MR) is 152 cm³/mol. The van der Waals surface area contributed by atoms with E-state index in [2.05, 4.69) is 31.2 Å². The van der Waals surface area contributed by atoms with Crippen molar-refractivity contribution >= 4 is 40.5 Å². The fourth-order valence-electron chi connectivity index (χ4n) is 4.13. The number of aliphatic carboxylic acids is 2. The third kappa shape index (κ3) is 7.23. The van der Waals surface area contributed by atoms with E-state index in [1.807, 2.05) is 0 Å². The molecular weight excluding hydrogens is 584 g/mol. The first kappa shape index (κ1) is 31.3. The van der Waals surface area contributed by atoms with Crippen LogP contribution in [0.1, 0.15) is 17.4 Å². The van der Waals surface area contributed by atoms with Crippen LogP contribution in [-0.4, -0.2) is 87.9 Å². The Labute approximate surface area is 249 Å². The summed E-state index contributed by atoms with van der Waals surface area (Å²) in [6.07, 6.45) is 5.10. The SMILES string of the molecule is C#C[C@@H](O)[C@@H](O[C@@H](CO)COC(Cc1ccccc1)(C(=O)O)C(=O)O)n1cnc2c(NCc3ccncc3)nc(Cl)nc21. The van der Waals surface area contributed by atoms with Crippen molar-refractivity contribution in [3.63, 3.8) is 0 Å². The van der Waals surface area contributed by atoms with Crippen LogP contribution in [0.2, 0.25) is 5.28 Å². The standard InChI is InChI=1S/C28H27ClN6O8/c1-2-20(37)24(35-16-32-21-22(33-27(29)34-23(21)35)31-13-18-8-10-30-11-9-18)43-19(14-36)15-42-28(25(38)39,26(40)41)12-17-6-4-3-5-7-17/h1,3-11,16,19-20,24,36-37H,12-15H2,(H,38,39)(H,40,41)(H,31,33,34)/t19-,20+,24+/m0/s1. The summed E-state index contributed by atoms with van der Waals surface area (Å²) in [7, 11) is 0. The Morgan fingerprint density at radius 1 is 1.09 bits per heavy atom. The highest BCUT2D eigenvalue weighted by Crippen LogP contribution is 2.28. The molecule has 43 heavy (non-hydrogen) atoms. The van der Waals surface area contributed by atoms with Crippen molar-refractivity contribution in [2.75, 3.05) is 18.5 Å². The van der Waals surface area contributed by atoms with Crippen LogP contribution >= 0.6 is 11.6 Å². The van der Waals surface area contributed by atoms with Gasteiger partial charge in [0.05, 0.1) is 19.5 Å². The predicted octanol–water partition coefficient (Wildman–Crippen LogP) is 1.52. The molecule has 0 radical (unpaired) electrons. The van der Waals surface area contributed by atoms with Crippen molar-refractivity contribution in [3.05, 3.63) is 77.6 Å². The summed E-state index contributed by atoms with van der Waals surface area (Å²) in [6.45, 7) is -1.10.